The summed E-state index contributed by atoms with van der Waals surface area (Å²) in [6.07, 6.45) is 5.96. The molecule has 0 aliphatic rings. The number of anilines is 1. The van der Waals surface area contributed by atoms with Crippen molar-refractivity contribution < 1.29 is 14.0 Å². The van der Waals surface area contributed by atoms with Crippen LogP contribution in [-0.4, -0.2) is 12.7 Å². The van der Waals surface area contributed by atoms with Crippen LogP contribution in [-0.2, 0) is 9.59 Å². The molecule has 3 nitrogen and oxygen atoms in total. The Labute approximate surface area is 98.9 Å². The number of nitrogens with zero attached hydrogens (tertiary/aromatic N) is 1. The molecule has 17 heavy (non-hydrogen) atoms. The fourth-order valence-electron chi connectivity index (χ4n) is 1.12. The third-order valence-corrected chi connectivity index (χ3v) is 2.03. The van der Waals surface area contributed by atoms with E-state index >= 15 is 0 Å². The Morgan fingerprint density at radius 1 is 1.24 bits per heavy atom. The lowest BCUT2D eigenvalue weighted by molar-refractivity contribution is -0.107. The van der Waals surface area contributed by atoms with E-state index in [1.54, 1.807) is 19.1 Å². The lowest BCUT2D eigenvalue weighted by atomic mass is 10.3. The Morgan fingerprint density at radius 2 is 1.88 bits per heavy atom. The molecule has 0 saturated carbocycles. The summed E-state index contributed by atoms with van der Waals surface area (Å²) in [7, 11) is 0. The van der Waals surface area contributed by atoms with Crippen LogP contribution in [0, 0.1) is 5.82 Å². The fourth-order valence-corrected chi connectivity index (χ4v) is 1.12. The van der Waals surface area contributed by atoms with Gasteiger partial charge in [-0.3, -0.25) is 14.5 Å². The molecule has 0 saturated heterocycles. The number of carbonyl (C=O) groups is 2. The second-order valence-corrected chi connectivity index (χ2v) is 3.36. The predicted octanol–water partition coefficient (Wildman–Crippen LogP) is 2.45. The van der Waals surface area contributed by atoms with Gasteiger partial charge in [-0.2, -0.15) is 0 Å². The number of hydrogen-bond acceptors (Lipinski definition) is 2. The second kappa shape index (κ2) is 6.37. The highest BCUT2D eigenvalue weighted by Crippen LogP contribution is 2.13. The number of benzene rings is 1. The second-order valence-electron chi connectivity index (χ2n) is 3.36. The summed E-state index contributed by atoms with van der Waals surface area (Å²) >= 11 is 0. The monoisotopic (exact) mass is 233 g/mol. The van der Waals surface area contributed by atoms with Gasteiger partial charge in [0.1, 0.15) is 12.1 Å². The van der Waals surface area contributed by atoms with Gasteiger partial charge in [0.25, 0.3) is 0 Å². The summed E-state index contributed by atoms with van der Waals surface area (Å²) in [5.74, 6) is -0.361. The Morgan fingerprint density at radius 3 is 2.41 bits per heavy atom. The summed E-state index contributed by atoms with van der Waals surface area (Å²) < 4.78 is 12.7. The van der Waals surface area contributed by atoms with Crippen LogP contribution in [0.2, 0.25) is 0 Å². The van der Waals surface area contributed by atoms with Gasteiger partial charge in [0.15, 0.2) is 0 Å². The first-order valence-corrected chi connectivity index (χ1v) is 4.97. The van der Waals surface area contributed by atoms with Crippen LogP contribution in [0.15, 0.2) is 48.2 Å². The summed E-state index contributed by atoms with van der Waals surface area (Å²) in [5.41, 5.74) is 1.10. The standard InChI is InChI=1S/C13H12FNO2/c1-11(9-16)3-2-8-15(10-17)13-6-4-12(14)5-7-13/h2-10H,1H3/b8-2-,11-3+. The van der Waals surface area contributed by atoms with Crippen LogP contribution < -0.4 is 4.90 Å². The van der Waals surface area contributed by atoms with Crippen molar-refractivity contribution in [1.82, 2.24) is 0 Å². The van der Waals surface area contributed by atoms with Gasteiger partial charge in [0, 0.05) is 11.9 Å². The predicted molar refractivity (Wildman–Crippen MR) is 63.9 cm³/mol. The van der Waals surface area contributed by atoms with Gasteiger partial charge in [-0.25, -0.2) is 4.39 Å². The molecule has 88 valence electrons. The number of allylic oxidation sites excluding steroid dienone is 3. The van der Waals surface area contributed by atoms with Crippen LogP contribution in [0.25, 0.3) is 0 Å². The Balaban J connectivity index is 2.82. The number of rotatable bonds is 5. The summed E-state index contributed by atoms with van der Waals surface area (Å²) in [6.45, 7) is 1.65. The lowest BCUT2D eigenvalue weighted by Gasteiger charge is -2.11. The van der Waals surface area contributed by atoms with Crippen molar-refractivity contribution in [3.05, 3.63) is 54.0 Å². The van der Waals surface area contributed by atoms with E-state index in [2.05, 4.69) is 0 Å². The molecule has 0 heterocycles. The summed E-state index contributed by atoms with van der Waals surface area (Å²) in [6, 6.07) is 5.52. The van der Waals surface area contributed by atoms with Gasteiger partial charge < -0.3 is 0 Å². The maximum absolute atomic E-state index is 12.7. The number of hydrogen-bond donors (Lipinski definition) is 0. The minimum absolute atomic E-state index is 0.361. The third-order valence-electron chi connectivity index (χ3n) is 2.03. The van der Waals surface area contributed by atoms with E-state index in [4.69, 9.17) is 0 Å². The normalized spacial score (nSPS) is 11.5. The van der Waals surface area contributed by atoms with E-state index in [-0.39, 0.29) is 5.82 Å². The van der Waals surface area contributed by atoms with Gasteiger partial charge in [0.2, 0.25) is 6.41 Å². The minimum Gasteiger partial charge on any atom is -0.298 e. The minimum atomic E-state index is -0.361. The van der Waals surface area contributed by atoms with E-state index in [1.807, 2.05) is 0 Å². The first-order valence-electron chi connectivity index (χ1n) is 4.97. The first kappa shape index (κ1) is 12.8. The highest BCUT2D eigenvalue weighted by atomic mass is 19.1. The molecule has 4 heteroatoms. The van der Waals surface area contributed by atoms with Crippen LogP contribution in [0.1, 0.15) is 6.92 Å². The van der Waals surface area contributed by atoms with Crippen LogP contribution in [0.3, 0.4) is 0 Å². The lowest BCUT2D eigenvalue weighted by Crippen LogP contribution is -2.12. The van der Waals surface area contributed by atoms with Crippen LogP contribution >= 0.6 is 0 Å². The zero-order valence-corrected chi connectivity index (χ0v) is 9.34. The molecule has 1 amide bonds. The quantitative estimate of drug-likeness (QED) is 0.445. The largest absolute Gasteiger partial charge is 0.298 e. The molecule has 0 bridgehead atoms. The number of carbonyl (C=O) groups excluding carboxylic acids is 2. The number of amides is 1. The molecule has 0 aromatic heterocycles. The maximum atomic E-state index is 12.7. The summed E-state index contributed by atoms with van der Waals surface area (Å²) in [5, 5.41) is 0. The van der Waals surface area contributed by atoms with Crippen molar-refractivity contribution in [2.75, 3.05) is 4.90 Å². The smallest absolute Gasteiger partial charge is 0.218 e. The highest BCUT2D eigenvalue weighted by Gasteiger charge is 2.00. The molecule has 0 unspecified atom stereocenters. The maximum Gasteiger partial charge on any atom is 0.218 e. The zero-order valence-electron chi connectivity index (χ0n) is 9.34. The molecule has 1 rings (SSSR count). The molecule has 0 N–H and O–H groups in total. The van der Waals surface area contributed by atoms with Gasteiger partial charge in [-0.15, -0.1) is 0 Å². The highest BCUT2D eigenvalue weighted by molar-refractivity contribution is 5.78. The van der Waals surface area contributed by atoms with Gasteiger partial charge in [-0.1, -0.05) is 6.08 Å². The van der Waals surface area contributed by atoms with E-state index in [0.717, 1.165) is 0 Å². The van der Waals surface area contributed by atoms with Gasteiger partial charge in [0.05, 0.1) is 0 Å². The SMILES string of the molecule is C/C(C=O)=C\C=C/N(C=O)c1ccc(F)cc1. The van der Waals surface area contributed by atoms with Crippen molar-refractivity contribution >= 4 is 18.4 Å². The van der Waals surface area contributed by atoms with E-state index in [1.165, 1.54) is 35.4 Å². The fraction of sp³-hybridized carbons (Fsp3) is 0.0769. The molecule has 0 atom stereocenters. The van der Waals surface area contributed by atoms with Crippen LogP contribution in [0.4, 0.5) is 10.1 Å². The van der Waals surface area contributed by atoms with E-state index in [9.17, 15) is 14.0 Å². The van der Waals surface area contributed by atoms with Crippen molar-refractivity contribution in [2.24, 2.45) is 0 Å². The van der Waals surface area contributed by atoms with Gasteiger partial charge in [-0.05, 0) is 42.8 Å². The van der Waals surface area contributed by atoms with Crippen LogP contribution in [0.5, 0.6) is 0 Å². The van der Waals surface area contributed by atoms with Crippen molar-refractivity contribution in [3.63, 3.8) is 0 Å². The molecular formula is C13H12FNO2. The average Bonchev–Trinajstić information content (AvgIpc) is 2.35. The molecule has 0 fully saturated rings. The Kier molecular flexibility index (Phi) is 4.81. The molecular weight excluding hydrogens is 221 g/mol. The van der Waals surface area contributed by atoms with E-state index < -0.39 is 0 Å². The van der Waals surface area contributed by atoms with Crippen molar-refractivity contribution in [3.8, 4) is 0 Å². The zero-order chi connectivity index (χ0) is 12.7. The molecule has 0 spiro atoms. The molecule has 0 radical (unpaired) electrons. The average molecular weight is 233 g/mol. The topological polar surface area (TPSA) is 37.4 Å². The molecule has 1 aromatic carbocycles. The van der Waals surface area contributed by atoms with E-state index in [0.29, 0.717) is 24.0 Å². The third kappa shape index (κ3) is 4.03. The van der Waals surface area contributed by atoms with Crippen molar-refractivity contribution in [1.29, 1.82) is 0 Å². The number of halogens is 1. The molecule has 1 aromatic rings. The first-order chi connectivity index (χ1) is 8.17. The van der Waals surface area contributed by atoms with Gasteiger partial charge >= 0.3 is 0 Å². The Hall–Kier alpha value is -2.23. The Bertz CT molecular complexity index is 449. The molecule has 0 aliphatic carbocycles. The summed E-state index contributed by atoms with van der Waals surface area (Å²) in [4.78, 5) is 22.4. The van der Waals surface area contributed by atoms with Crippen molar-refractivity contribution in [2.45, 2.75) is 6.92 Å². The number of aldehydes is 1. The molecule has 0 aliphatic heterocycles.